The Morgan fingerprint density at radius 1 is 1.16 bits per heavy atom. The summed E-state index contributed by atoms with van der Waals surface area (Å²) >= 11 is 1.40. The van der Waals surface area contributed by atoms with Crippen molar-refractivity contribution in [1.29, 1.82) is 0 Å². The summed E-state index contributed by atoms with van der Waals surface area (Å²) in [6.07, 6.45) is 1.76. The highest BCUT2D eigenvalue weighted by atomic mass is 32.1. The molecular weight excluding hydrogens is 420 g/mol. The molecule has 0 saturated heterocycles. The Bertz CT molecular complexity index is 834. The largest absolute Gasteiger partial charge is 0.469 e. The van der Waals surface area contributed by atoms with E-state index in [9.17, 15) is 14.4 Å². The van der Waals surface area contributed by atoms with E-state index < -0.39 is 17.7 Å². The van der Waals surface area contributed by atoms with Gasteiger partial charge in [-0.05, 0) is 47.1 Å². The lowest BCUT2D eigenvalue weighted by molar-refractivity contribution is -0.146. The second kappa shape index (κ2) is 9.52. The van der Waals surface area contributed by atoms with Crippen molar-refractivity contribution in [2.24, 2.45) is 5.92 Å². The van der Waals surface area contributed by atoms with E-state index in [-0.39, 0.29) is 23.8 Å². The van der Waals surface area contributed by atoms with E-state index in [1.165, 1.54) is 18.4 Å². The Kier molecular flexibility index (Phi) is 7.20. The first-order chi connectivity index (χ1) is 14.6. The molecule has 31 heavy (non-hydrogen) atoms. The summed E-state index contributed by atoms with van der Waals surface area (Å²) in [5.74, 6) is -0.915. The first-order valence-corrected chi connectivity index (χ1v) is 11.4. The molecule has 2 aliphatic rings. The number of hydrogen-bond donors (Lipinski definition) is 2. The lowest BCUT2D eigenvalue weighted by Crippen LogP contribution is -2.56. The Morgan fingerprint density at radius 3 is 2.58 bits per heavy atom. The number of likely N-dealkylation sites (N-methyl/N-ethyl adjacent to an activating group) is 1. The minimum atomic E-state index is -0.626. The Labute approximate surface area is 186 Å². The quantitative estimate of drug-likeness (QED) is 0.673. The van der Waals surface area contributed by atoms with Crippen LogP contribution in [-0.4, -0.2) is 66.2 Å². The minimum absolute atomic E-state index is 0.284. The van der Waals surface area contributed by atoms with Crippen LogP contribution in [0.1, 0.15) is 60.4 Å². The van der Waals surface area contributed by atoms with Crippen LogP contribution in [0.15, 0.2) is 0 Å². The molecule has 2 N–H and O–H groups in total. The van der Waals surface area contributed by atoms with Gasteiger partial charge < -0.3 is 25.0 Å². The predicted octanol–water partition coefficient (Wildman–Crippen LogP) is 2.10. The van der Waals surface area contributed by atoms with Crippen molar-refractivity contribution in [1.82, 2.24) is 20.5 Å². The van der Waals surface area contributed by atoms with Gasteiger partial charge in [0.2, 0.25) is 0 Å². The van der Waals surface area contributed by atoms with Gasteiger partial charge >= 0.3 is 12.1 Å². The van der Waals surface area contributed by atoms with Crippen molar-refractivity contribution in [3.8, 4) is 0 Å². The number of esters is 1. The summed E-state index contributed by atoms with van der Waals surface area (Å²) in [5.41, 5.74) is 0.354. The van der Waals surface area contributed by atoms with Crippen LogP contribution in [0.25, 0.3) is 0 Å². The summed E-state index contributed by atoms with van der Waals surface area (Å²) in [5, 5.41) is 6.28. The number of rotatable bonds is 4. The maximum absolute atomic E-state index is 13.0. The van der Waals surface area contributed by atoms with Crippen molar-refractivity contribution in [2.45, 2.75) is 70.7 Å². The second-order valence-electron chi connectivity index (χ2n) is 9.24. The molecule has 0 spiro atoms. The van der Waals surface area contributed by atoms with E-state index in [1.807, 2.05) is 7.05 Å². The molecule has 3 atom stereocenters. The van der Waals surface area contributed by atoms with Crippen LogP contribution < -0.4 is 10.6 Å². The summed E-state index contributed by atoms with van der Waals surface area (Å²) < 4.78 is 10.3. The number of nitrogens with one attached hydrogen (secondary N) is 2. The van der Waals surface area contributed by atoms with E-state index in [2.05, 4.69) is 20.5 Å². The summed E-state index contributed by atoms with van der Waals surface area (Å²) in [7, 11) is 3.41. The van der Waals surface area contributed by atoms with Gasteiger partial charge in [0.15, 0.2) is 5.01 Å². The van der Waals surface area contributed by atoms with Gasteiger partial charge in [-0.1, -0.05) is 0 Å². The molecule has 1 aromatic heterocycles. The zero-order chi connectivity index (χ0) is 22.8. The molecule has 1 aliphatic heterocycles. The number of alkyl carbamates (subject to hydrolysis) is 1. The van der Waals surface area contributed by atoms with Gasteiger partial charge in [-0.25, -0.2) is 9.78 Å². The van der Waals surface area contributed by atoms with Crippen LogP contribution in [0.4, 0.5) is 4.79 Å². The molecule has 0 aromatic carbocycles. The SMILES string of the molecule is COC(=O)[C@@H]1CCC(NC(=O)OC(C)(C)C)[C@H](NC(=O)c2nc3c(s2)CN(C)CC3)C1. The van der Waals surface area contributed by atoms with Crippen molar-refractivity contribution < 1.29 is 23.9 Å². The molecule has 10 heteroatoms. The van der Waals surface area contributed by atoms with Crippen LogP contribution in [0, 0.1) is 5.92 Å². The van der Waals surface area contributed by atoms with E-state index in [0.717, 1.165) is 30.1 Å². The third-order valence-electron chi connectivity index (χ3n) is 5.52. The van der Waals surface area contributed by atoms with Gasteiger partial charge in [0, 0.05) is 24.4 Å². The van der Waals surface area contributed by atoms with Crippen LogP contribution in [-0.2, 0) is 27.2 Å². The van der Waals surface area contributed by atoms with Crippen molar-refractivity contribution in [3.05, 3.63) is 15.6 Å². The lowest BCUT2D eigenvalue weighted by atomic mass is 9.82. The molecule has 1 unspecified atom stereocenters. The second-order valence-corrected chi connectivity index (χ2v) is 10.3. The highest BCUT2D eigenvalue weighted by molar-refractivity contribution is 7.13. The molecule has 1 aliphatic carbocycles. The predicted molar refractivity (Wildman–Crippen MR) is 116 cm³/mol. The fraction of sp³-hybridized carbons (Fsp3) is 0.714. The number of amides is 2. The zero-order valence-corrected chi connectivity index (χ0v) is 19.6. The number of aromatic nitrogens is 1. The van der Waals surface area contributed by atoms with Gasteiger partial charge in [0.1, 0.15) is 5.60 Å². The van der Waals surface area contributed by atoms with E-state index in [0.29, 0.717) is 24.3 Å². The molecule has 1 fully saturated rings. The number of nitrogens with zero attached hydrogens (tertiary/aromatic N) is 2. The summed E-state index contributed by atoms with van der Waals surface area (Å²) in [6, 6.07) is -0.776. The van der Waals surface area contributed by atoms with Crippen LogP contribution in [0.3, 0.4) is 0 Å². The van der Waals surface area contributed by atoms with Crippen LogP contribution in [0.2, 0.25) is 0 Å². The molecule has 9 nitrogen and oxygen atoms in total. The van der Waals surface area contributed by atoms with Gasteiger partial charge in [0.05, 0.1) is 30.8 Å². The van der Waals surface area contributed by atoms with Gasteiger partial charge in [0.25, 0.3) is 5.91 Å². The molecular formula is C21H32N4O5S. The Balaban J connectivity index is 1.71. The lowest BCUT2D eigenvalue weighted by Gasteiger charge is -2.36. The minimum Gasteiger partial charge on any atom is -0.469 e. The van der Waals surface area contributed by atoms with E-state index in [4.69, 9.17) is 9.47 Å². The fourth-order valence-electron chi connectivity index (χ4n) is 3.99. The monoisotopic (exact) mass is 452 g/mol. The average Bonchev–Trinajstić information content (AvgIpc) is 3.10. The number of methoxy groups -OCH3 is 1. The average molecular weight is 453 g/mol. The molecule has 2 amide bonds. The first kappa shape index (κ1) is 23.5. The number of fused-ring (bicyclic) bond motifs is 1. The summed E-state index contributed by atoms with van der Waals surface area (Å²) in [6.45, 7) is 7.09. The van der Waals surface area contributed by atoms with E-state index in [1.54, 1.807) is 20.8 Å². The third kappa shape index (κ3) is 6.16. The maximum Gasteiger partial charge on any atom is 0.407 e. The molecule has 2 heterocycles. The van der Waals surface area contributed by atoms with Gasteiger partial charge in [-0.2, -0.15) is 0 Å². The van der Waals surface area contributed by atoms with Crippen molar-refractivity contribution in [3.63, 3.8) is 0 Å². The maximum atomic E-state index is 13.0. The van der Waals surface area contributed by atoms with Gasteiger partial charge in [-0.3, -0.25) is 9.59 Å². The smallest absolute Gasteiger partial charge is 0.407 e. The Morgan fingerprint density at radius 2 is 1.90 bits per heavy atom. The molecule has 1 saturated carbocycles. The number of hydrogen-bond acceptors (Lipinski definition) is 8. The Hall–Kier alpha value is -2.20. The van der Waals surface area contributed by atoms with Crippen molar-refractivity contribution in [2.75, 3.05) is 20.7 Å². The van der Waals surface area contributed by atoms with Gasteiger partial charge in [-0.15, -0.1) is 11.3 Å². The first-order valence-electron chi connectivity index (χ1n) is 10.6. The standard InChI is InChI=1S/C21H32N4O5S/c1-21(2,3)30-20(28)24-13-7-6-12(19(27)29-5)10-15(13)22-17(26)18-23-14-8-9-25(4)11-16(14)31-18/h12-13,15H,6-11H2,1-5H3,(H,22,26)(H,24,28)/t12-,13?,15-/m1/s1. The molecule has 3 rings (SSSR count). The molecule has 172 valence electrons. The normalized spacial score (nSPS) is 24.1. The summed E-state index contributed by atoms with van der Waals surface area (Å²) in [4.78, 5) is 45.2. The number of carbonyl (C=O) groups excluding carboxylic acids is 3. The number of ether oxygens (including phenoxy) is 2. The zero-order valence-electron chi connectivity index (χ0n) is 18.8. The fourth-order valence-corrected chi connectivity index (χ4v) is 5.08. The third-order valence-corrected chi connectivity index (χ3v) is 6.60. The van der Waals surface area contributed by atoms with Crippen molar-refractivity contribution >= 4 is 29.3 Å². The number of thiazole rings is 1. The van der Waals surface area contributed by atoms with E-state index >= 15 is 0 Å². The number of carbonyl (C=O) groups is 3. The molecule has 0 radical (unpaired) electrons. The molecule has 0 bridgehead atoms. The highest BCUT2D eigenvalue weighted by Gasteiger charge is 2.37. The van der Waals surface area contributed by atoms with Crippen LogP contribution >= 0.6 is 11.3 Å². The molecule has 1 aromatic rings. The topological polar surface area (TPSA) is 110 Å². The highest BCUT2D eigenvalue weighted by Crippen LogP contribution is 2.28. The van der Waals surface area contributed by atoms with Crippen LogP contribution in [0.5, 0.6) is 0 Å².